The molecule has 1 aliphatic heterocycles. The van der Waals surface area contributed by atoms with Gasteiger partial charge in [0.15, 0.2) is 11.5 Å². The van der Waals surface area contributed by atoms with Gasteiger partial charge in [0.05, 0.1) is 5.60 Å². The highest BCUT2D eigenvalue weighted by Gasteiger charge is 2.23. The number of hydrogen-bond donors (Lipinski definition) is 2. The van der Waals surface area contributed by atoms with Gasteiger partial charge in [-0.1, -0.05) is 0 Å². The molecular formula is C11H15NO3. The highest BCUT2D eigenvalue weighted by atomic mass is 16.6. The largest absolute Gasteiger partial charge is 0.486 e. The van der Waals surface area contributed by atoms with E-state index in [2.05, 4.69) is 0 Å². The fraction of sp³-hybridized carbons (Fsp3) is 0.455. The summed E-state index contributed by atoms with van der Waals surface area (Å²) in [4.78, 5) is 0. The molecule has 0 aliphatic carbocycles. The van der Waals surface area contributed by atoms with E-state index in [-0.39, 0.29) is 0 Å². The first-order valence-corrected chi connectivity index (χ1v) is 4.90. The predicted molar refractivity (Wildman–Crippen MR) is 57.1 cm³/mol. The quantitative estimate of drug-likeness (QED) is 0.683. The van der Waals surface area contributed by atoms with Crippen LogP contribution in [0.15, 0.2) is 12.1 Å². The van der Waals surface area contributed by atoms with E-state index >= 15 is 0 Å². The molecule has 3 N–H and O–H groups in total. The van der Waals surface area contributed by atoms with Gasteiger partial charge < -0.3 is 20.3 Å². The van der Waals surface area contributed by atoms with E-state index in [0.29, 0.717) is 36.0 Å². The van der Waals surface area contributed by atoms with Gasteiger partial charge in [-0.25, -0.2) is 0 Å². The molecule has 0 saturated carbocycles. The Hall–Kier alpha value is -1.42. The molecule has 15 heavy (non-hydrogen) atoms. The third kappa shape index (κ3) is 1.85. The molecule has 0 radical (unpaired) electrons. The number of benzene rings is 1. The number of hydrogen-bond acceptors (Lipinski definition) is 4. The van der Waals surface area contributed by atoms with E-state index in [4.69, 9.17) is 15.2 Å². The molecule has 1 aliphatic rings. The van der Waals surface area contributed by atoms with Crippen LogP contribution in [0, 0.1) is 0 Å². The molecule has 0 spiro atoms. The maximum absolute atomic E-state index is 9.90. The van der Waals surface area contributed by atoms with Gasteiger partial charge in [-0.2, -0.15) is 0 Å². The van der Waals surface area contributed by atoms with Gasteiger partial charge in [-0.05, 0) is 19.9 Å². The number of ether oxygens (including phenoxy) is 2. The fourth-order valence-corrected chi connectivity index (χ4v) is 1.63. The summed E-state index contributed by atoms with van der Waals surface area (Å²) in [5, 5.41) is 9.90. The Balaban J connectivity index is 2.50. The zero-order valence-corrected chi connectivity index (χ0v) is 8.91. The summed E-state index contributed by atoms with van der Waals surface area (Å²) in [6, 6.07) is 3.44. The zero-order chi connectivity index (χ0) is 11.1. The van der Waals surface area contributed by atoms with Crippen molar-refractivity contribution in [2.75, 3.05) is 18.9 Å². The van der Waals surface area contributed by atoms with E-state index in [1.54, 1.807) is 26.0 Å². The summed E-state index contributed by atoms with van der Waals surface area (Å²) in [5.41, 5.74) is 6.04. The van der Waals surface area contributed by atoms with Gasteiger partial charge in [-0.3, -0.25) is 0 Å². The molecule has 1 heterocycles. The van der Waals surface area contributed by atoms with Crippen molar-refractivity contribution in [2.24, 2.45) is 0 Å². The lowest BCUT2D eigenvalue weighted by atomic mass is 9.96. The van der Waals surface area contributed by atoms with Crippen LogP contribution in [0.4, 0.5) is 5.69 Å². The fourth-order valence-electron chi connectivity index (χ4n) is 1.63. The average molecular weight is 209 g/mol. The Kier molecular flexibility index (Phi) is 2.23. The highest BCUT2D eigenvalue weighted by Crippen LogP contribution is 2.38. The molecule has 0 atom stereocenters. The summed E-state index contributed by atoms with van der Waals surface area (Å²) < 4.78 is 10.8. The number of rotatable bonds is 1. The van der Waals surface area contributed by atoms with Crippen LogP contribution in [-0.4, -0.2) is 18.3 Å². The lowest BCUT2D eigenvalue weighted by molar-refractivity contribution is 0.0785. The second-order valence-corrected chi connectivity index (χ2v) is 4.14. The summed E-state index contributed by atoms with van der Waals surface area (Å²) in [7, 11) is 0. The van der Waals surface area contributed by atoms with Crippen molar-refractivity contribution in [1.82, 2.24) is 0 Å². The standard InChI is InChI=1S/C11H15NO3/c1-11(2,13)7-5-9-10(6-8(7)12)15-4-3-14-9/h5-6,13H,3-4,12H2,1-2H3. The van der Waals surface area contributed by atoms with Crippen molar-refractivity contribution < 1.29 is 14.6 Å². The number of nitrogens with two attached hydrogens (primary N) is 1. The number of nitrogen functional groups attached to an aromatic ring is 1. The van der Waals surface area contributed by atoms with E-state index in [9.17, 15) is 5.11 Å². The Morgan fingerprint density at radius 3 is 2.27 bits per heavy atom. The Morgan fingerprint density at radius 2 is 1.73 bits per heavy atom. The van der Waals surface area contributed by atoms with Gasteiger partial charge in [0, 0.05) is 17.3 Å². The summed E-state index contributed by atoms with van der Waals surface area (Å²) in [5.74, 6) is 1.29. The summed E-state index contributed by atoms with van der Waals surface area (Å²) in [6.07, 6.45) is 0. The summed E-state index contributed by atoms with van der Waals surface area (Å²) in [6.45, 7) is 4.44. The third-order valence-electron chi connectivity index (χ3n) is 2.37. The third-order valence-corrected chi connectivity index (χ3v) is 2.37. The molecular weight excluding hydrogens is 194 g/mol. The molecule has 0 unspecified atom stereocenters. The van der Waals surface area contributed by atoms with Crippen LogP contribution in [0.1, 0.15) is 19.4 Å². The first kappa shape index (κ1) is 10.1. The van der Waals surface area contributed by atoms with Crippen LogP contribution in [-0.2, 0) is 5.60 Å². The van der Waals surface area contributed by atoms with Crippen molar-refractivity contribution in [1.29, 1.82) is 0 Å². The van der Waals surface area contributed by atoms with Crippen molar-refractivity contribution in [3.63, 3.8) is 0 Å². The molecule has 1 aromatic carbocycles. The maximum atomic E-state index is 9.90. The van der Waals surface area contributed by atoms with Gasteiger partial charge in [-0.15, -0.1) is 0 Å². The molecule has 4 nitrogen and oxygen atoms in total. The van der Waals surface area contributed by atoms with Gasteiger partial charge in [0.1, 0.15) is 13.2 Å². The van der Waals surface area contributed by atoms with Crippen LogP contribution < -0.4 is 15.2 Å². The number of aliphatic hydroxyl groups is 1. The van der Waals surface area contributed by atoms with E-state index in [0.717, 1.165) is 0 Å². The van der Waals surface area contributed by atoms with E-state index < -0.39 is 5.60 Å². The Morgan fingerprint density at radius 1 is 1.20 bits per heavy atom. The Labute approximate surface area is 88.6 Å². The van der Waals surface area contributed by atoms with Crippen molar-refractivity contribution in [3.05, 3.63) is 17.7 Å². The zero-order valence-electron chi connectivity index (χ0n) is 8.91. The van der Waals surface area contributed by atoms with Gasteiger partial charge >= 0.3 is 0 Å². The van der Waals surface area contributed by atoms with Crippen molar-refractivity contribution >= 4 is 5.69 Å². The monoisotopic (exact) mass is 209 g/mol. The second-order valence-electron chi connectivity index (χ2n) is 4.14. The van der Waals surface area contributed by atoms with E-state index in [1.807, 2.05) is 0 Å². The predicted octanol–water partition coefficient (Wildman–Crippen LogP) is 1.27. The molecule has 1 aromatic rings. The lowest BCUT2D eigenvalue weighted by Crippen LogP contribution is -2.20. The molecule has 0 aromatic heterocycles. The minimum atomic E-state index is -0.972. The van der Waals surface area contributed by atoms with Crippen molar-refractivity contribution in [3.8, 4) is 11.5 Å². The molecule has 2 rings (SSSR count). The first-order valence-electron chi connectivity index (χ1n) is 4.90. The van der Waals surface area contributed by atoms with Crippen LogP contribution in [0.2, 0.25) is 0 Å². The number of anilines is 1. The molecule has 0 fully saturated rings. The highest BCUT2D eigenvalue weighted by molar-refractivity contribution is 5.59. The maximum Gasteiger partial charge on any atom is 0.163 e. The second kappa shape index (κ2) is 3.31. The molecule has 82 valence electrons. The van der Waals surface area contributed by atoms with E-state index in [1.165, 1.54) is 0 Å². The minimum Gasteiger partial charge on any atom is -0.486 e. The molecule has 0 saturated heterocycles. The van der Waals surface area contributed by atoms with Gasteiger partial charge in [0.25, 0.3) is 0 Å². The molecule has 0 bridgehead atoms. The molecule has 0 amide bonds. The SMILES string of the molecule is CC(C)(O)c1cc2c(cc1N)OCCO2. The number of fused-ring (bicyclic) bond motifs is 1. The average Bonchev–Trinajstić information content (AvgIpc) is 2.15. The van der Waals surface area contributed by atoms with Crippen LogP contribution in [0.5, 0.6) is 11.5 Å². The van der Waals surface area contributed by atoms with Gasteiger partial charge in [0.2, 0.25) is 0 Å². The molecule has 4 heteroatoms. The van der Waals surface area contributed by atoms with Crippen LogP contribution in [0.3, 0.4) is 0 Å². The normalized spacial score (nSPS) is 15.1. The summed E-state index contributed by atoms with van der Waals surface area (Å²) >= 11 is 0. The Bertz CT molecular complexity index is 382. The first-order chi connectivity index (χ1) is 6.98. The lowest BCUT2D eigenvalue weighted by Gasteiger charge is -2.24. The van der Waals surface area contributed by atoms with Crippen LogP contribution in [0.25, 0.3) is 0 Å². The van der Waals surface area contributed by atoms with Crippen molar-refractivity contribution in [2.45, 2.75) is 19.4 Å². The minimum absolute atomic E-state index is 0.520. The van der Waals surface area contributed by atoms with Crippen LogP contribution >= 0.6 is 0 Å². The smallest absolute Gasteiger partial charge is 0.163 e. The topological polar surface area (TPSA) is 64.7 Å².